The Bertz CT molecular complexity index is 1000. The summed E-state index contributed by atoms with van der Waals surface area (Å²) >= 11 is 0. The van der Waals surface area contributed by atoms with E-state index < -0.39 is 24.4 Å². The largest absolute Gasteiger partial charge is 0.495 e. The van der Waals surface area contributed by atoms with E-state index in [1.807, 2.05) is 13.0 Å². The zero-order valence-electron chi connectivity index (χ0n) is 18.4. The van der Waals surface area contributed by atoms with Crippen LogP contribution in [-0.4, -0.2) is 52.3 Å². The molecule has 0 heterocycles. The molecule has 0 atom stereocenters. The van der Waals surface area contributed by atoms with Crippen LogP contribution in [0.4, 0.5) is 5.69 Å². The van der Waals surface area contributed by atoms with Gasteiger partial charge in [0.1, 0.15) is 5.75 Å². The molecule has 0 fully saturated rings. The van der Waals surface area contributed by atoms with E-state index in [0.717, 1.165) is 5.56 Å². The molecule has 2 N–H and O–H groups in total. The number of rotatable bonds is 10. The van der Waals surface area contributed by atoms with Gasteiger partial charge in [-0.05, 0) is 48.4 Å². The maximum absolute atomic E-state index is 12.1. The minimum absolute atomic E-state index is 0.283. The van der Waals surface area contributed by atoms with E-state index in [4.69, 9.17) is 18.9 Å². The molecule has 0 bridgehead atoms. The minimum Gasteiger partial charge on any atom is -0.495 e. The topological polar surface area (TPSA) is 112 Å². The van der Waals surface area contributed by atoms with Gasteiger partial charge in [0.25, 0.3) is 5.91 Å². The van der Waals surface area contributed by atoms with E-state index in [1.54, 1.807) is 30.3 Å². The monoisotopic (exact) mass is 442 g/mol. The van der Waals surface area contributed by atoms with Gasteiger partial charge in [-0.25, -0.2) is 4.79 Å². The van der Waals surface area contributed by atoms with E-state index in [9.17, 15) is 14.4 Å². The van der Waals surface area contributed by atoms with Crippen molar-refractivity contribution >= 4 is 29.5 Å². The van der Waals surface area contributed by atoms with Crippen LogP contribution in [0, 0.1) is 6.92 Å². The molecule has 0 aliphatic rings. The molecule has 0 saturated heterocycles. The second-order valence-electron chi connectivity index (χ2n) is 6.58. The van der Waals surface area contributed by atoms with Gasteiger partial charge in [0.05, 0.1) is 33.6 Å². The fourth-order valence-corrected chi connectivity index (χ4v) is 2.65. The third kappa shape index (κ3) is 7.35. The van der Waals surface area contributed by atoms with Crippen LogP contribution >= 0.6 is 0 Å². The van der Waals surface area contributed by atoms with Crippen molar-refractivity contribution < 1.29 is 33.3 Å². The van der Waals surface area contributed by atoms with Crippen LogP contribution in [0.3, 0.4) is 0 Å². The summed E-state index contributed by atoms with van der Waals surface area (Å²) < 4.78 is 20.4. The van der Waals surface area contributed by atoms with Crippen LogP contribution in [0.25, 0.3) is 6.08 Å². The Balaban J connectivity index is 1.78. The SMILES string of the molecule is COc1ccc(C)cc1NC(=O)CNC(=O)COC(=O)/C=C/c1ccc(OC)c(OC)c1. The number of ether oxygens (including phenoxy) is 4. The van der Waals surface area contributed by atoms with Crippen molar-refractivity contribution in [1.82, 2.24) is 5.32 Å². The number of carbonyl (C=O) groups excluding carboxylic acids is 3. The standard InChI is InChI=1S/C23H26N2O7/c1-15-5-8-18(29-2)17(11-15)25-21(26)13-24-22(27)14-32-23(28)10-7-16-6-9-19(30-3)20(12-16)31-4/h5-12H,13-14H2,1-4H3,(H,24,27)(H,25,26)/b10-7+. The molecule has 32 heavy (non-hydrogen) atoms. The Kier molecular flexibility index (Phi) is 9.09. The first-order chi connectivity index (χ1) is 15.4. The van der Waals surface area contributed by atoms with Crippen LogP contribution in [0.5, 0.6) is 17.2 Å². The number of benzene rings is 2. The maximum Gasteiger partial charge on any atom is 0.331 e. The molecule has 9 nitrogen and oxygen atoms in total. The van der Waals surface area contributed by atoms with E-state index >= 15 is 0 Å². The second-order valence-corrected chi connectivity index (χ2v) is 6.58. The lowest BCUT2D eigenvalue weighted by molar-refractivity contribution is -0.143. The van der Waals surface area contributed by atoms with Gasteiger partial charge in [0, 0.05) is 6.08 Å². The summed E-state index contributed by atoms with van der Waals surface area (Å²) in [5, 5.41) is 5.05. The highest BCUT2D eigenvalue weighted by molar-refractivity contribution is 5.96. The fraction of sp³-hybridized carbons (Fsp3) is 0.261. The average molecular weight is 442 g/mol. The molecule has 0 radical (unpaired) electrons. The number of carbonyl (C=O) groups is 3. The normalized spacial score (nSPS) is 10.4. The molecule has 2 rings (SSSR count). The molecule has 2 aromatic rings. The minimum atomic E-state index is -0.705. The molecule has 2 amide bonds. The third-order valence-electron chi connectivity index (χ3n) is 4.24. The van der Waals surface area contributed by atoms with Gasteiger partial charge in [-0.15, -0.1) is 0 Å². The molecule has 0 aromatic heterocycles. The number of hydrogen-bond acceptors (Lipinski definition) is 7. The summed E-state index contributed by atoms with van der Waals surface area (Å²) in [7, 11) is 4.53. The average Bonchev–Trinajstić information content (AvgIpc) is 2.79. The lowest BCUT2D eigenvalue weighted by atomic mass is 10.2. The number of nitrogens with one attached hydrogen (secondary N) is 2. The van der Waals surface area contributed by atoms with Gasteiger partial charge in [0.2, 0.25) is 5.91 Å². The molecule has 9 heteroatoms. The van der Waals surface area contributed by atoms with Gasteiger partial charge in [-0.3, -0.25) is 9.59 Å². The van der Waals surface area contributed by atoms with Gasteiger partial charge in [-0.2, -0.15) is 0 Å². The zero-order valence-corrected chi connectivity index (χ0v) is 18.4. The predicted molar refractivity (Wildman–Crippen MR) is 119 cm³/mol. The van der Waals surface area contributed by atoms with Crippen LogP contribution in [-0.2, 0) is 19.1 Å². The highest BCUT2D eigenvalue weighted by Crippen LogP contribution is 2.28. The number of methoxy groups -OCH3 is 3. The smallest absolute Gasteiger partial charge is 0.331 e. The lowest BCUT2D eigenvalue weighted by Gasteiger charge is -2.11. The number of amides is 2. The van der Waals surface area contributed by atoms with Crippen molar-refractivity contribution in [1.29, 1.82) is 0 Å². The Morgan fingerprint density at radius 2 is 1.56 bits per heavy atom. The van der Waals surface area contributed by atoms with Crippen molar-refractivity contribution in [3.8, 4) is 17.2 Å². The van der Waals surface area contributed by atoms with Gasteiger partial charge < -0.3 is 29.6 Å². The molecule has 0 spiro atoms. The van der Waals surface area contributed by atoms with Crippen molar-refractivity contribution in [3.63, 3.8) is 0 Å². The van der Waals surface area contributed by atoms with E-state index in [1.165, 1.54) is 33.5 Å². The number of hydrogen-bond donors (Lipinski definition) is 2. The molecule has 2 aromatic carbocycles. The summed E-state index contributed by atoms with van der Waals surface area (Å²) in [6.45, 7) is 1.08. The van der Waals surface area contributed by atoms with Crippen LogP contribution in [0.1, 0.15) is 11.1 Å². The second kappa shape index (κ2) is 12.0. The molecule has 0 aliphatic heterocycles. The van der Waals surface area contributed by atoms with Crippen molar-refractivity contribution in [2.45, 2.75) is 6.92 Å². The molecule has 170 valence electrons. The Labute approximate surface area is 186 Å². The molecular formula is C23H26N2O7. The first-order valence-corrected chi connectivity index (χ1v) is 9.64. The Morgan fingerprint density at radius 1 is 0.875 bits per heavy atom. The van der Waals surface area contributed by atoms with Crippen LogP contribution in [0.2, 0.25) is 0 Å². The van der Waals surface area contributed by atoms with Gasteiger partial charge >= 0.3 is 5.97 Å². The fourth-order valence-electron chi connectivity index (χ4n) is 2.65. The lowest BCUT2D eigenvalue weighted by Crippen LogP contribution is -2.35. The predicted octanol–water partition coefficient (Wildman–Crippen LogP) is 2.33. The molecular weight excluding hydrogens is 416 g/mol. The quantitative estimate of drug-likeness (QED) is 0.429. The summed E-state index contributed by atoms with van der Waals surface area (Å²) in [6.07, 6.45) is 2.70. The number of anilines is 1. The summed E-state index contributed by atoms with van der Waals surface area (Å²) in [5.41, 5.74) is 2.13. The highest BCUT2D eigenvalue weighted by atomic mass is 16.5. The van der Waals surface area contributed by atoms with Crippen LogP contribution < -0.4 is 24.8 Å². The summed E-state index contributed by atoms with van der Waals surface area (Å²) in [4.78, 5) is 35.8. The van der Waals surface area contributed by atoms with Crippen molar-refractivity contribution in [2.75, 3.05) is 39.8 Å². The van der Waals surface area contributed by atoms with Crippen molar-refractivity contribution in [3.05, 3.63) is 53.6 Å². The Morgan fingerprint density at radius 3 is 2.25 bits per heavy atom. The number of esters is 1. The highest BCUT2D eigenvalue weighted by Gasteiger charge is 2.11. The summed E-state index contributed by atoms with van der Waals surface area (Å²) in [5.74, 6) is -0.168. The zero-order chi connectivity index (χ0) is 23.5. The molecule has 0 saturated carbocycles. The van der Waals surface area contributed by atoms with E-state index in [2.05, 4.69) is 10.6 Å². The van der Waals surface area contributed by atoms with Gasteiger partial charge in [0.15, 0.2) is 18.1 Å². The summed E-state index contributed by atoms with van der Waals surface area (Å²) in [6, 6.07) is 10.5. The first-order valence-electron chi connectivity index (χ1n) is 9.64. The third-order valence-corrected chi connectivity index (χ3v) is 4.24. The van der Waals surface area contributed by atoms with Gasteiger partial charge in [-0.1, -0.05) is 12.1 Å². The molecule has 0 unspecified atom stereocenters. The van der Waals surface area contributed by atoms with E-state index in [0.29, 0.717) is 28.5 Å². The maximum atomic E-state index is 12.1. The van der Waals surface area contributed by atoms with Crippen LogP contribution in [0.15, 0.2) is 42.5 Å². The Hall–Kier alpha value is -4.01. The number of aryl methyl sites for hydroxylation is 1. The van der Waals surface area contributed by atoms with E-state index in [-0.39, 0.29) is 6.54 Å². The van der Waals surface area contributed by atoms with Crippen molar-refractivity contribution in [2.24, 2.45) is 0 Å². The first kappa shape index (κ1) is 24.3. The molecule has 0 aliphatic carbocycles.